The van der Waals surface area contributed by atoms with Gasteiger partial charge >= 0.3 is 0 Å². The van der Waals surface area contributed by atoms with Crippen molar-refractivity contribution >= 4 is 17.4 Å². The number of nitrogens with zero attached hydrogens (tertiary/aromatic N) is 3. The van der Waals surface area contributed by atoms with Gasteiger partial charge in [-0.15, -0.1) is 0 Å². The highest BCUT2D eigenvalue weighted by molar-refractivity contribution is 6.29. The molecule has 0 bridgehead atoms. The van der Waals surface area contributed by atoms with Crippen LogP contribution in [0.5, 0.6) is 5.75 Å². The summed E-state index contributed by atoms with van der Waals surface area (Å²) >= 11 is 5.84. The van der Waals surface area contributed by atoms with Gasteiger partial charge in [-0.3, -0.25) is 4.98 Å². The van der Waals surface area contributed by atoms with Gasteiger partial charge in [0.2, 0.25) is 0 Å². The van der Waals surface area contributed by atoms with Crippen LogP contribution in [0.1, 0.15) is 11.6 Å². The lowest BCUT2D eigenvalue weighted by Gasteiger charge is -2.25. The molecule has 0 amide bonds. The Morgan fingerprint density at radius 1 is 1.33 bits per heavy atom. The Morgan fingerprint density at radius 3 is 2.81 bits per heavy atom. The van der Waals surface area contributed by atoms with Gasteiger partial charge in [0.25, 0.3) is 0 Å². The summed E-state index contributed by atoms with van der Waals surface area (Å²) in [4.78, 5) is 10.3. The fourth-order valence-corrected chi connectivity index (χ4v) is 2.22. The Kier molecular flexibility index (Phi) is 5.36. The molecule has 1 atom stereocenters. The van der Waals surface area contributed by atoms with E-state index < -0.39 is 0 Å². The molecule has 0 spiro atoms. The van der Waals surface area contributed by atoms with Crippen LogP contribution in [-0.2, 0) is 0 Å². The quantitative estimate of drug-likeness (QED) is 0.889. The molecule has 0 radical (unpaired) electrons. The number of nitrogens with one attached hydrogen (secondary N) is 1. The summed E-state index contributed by atoms with van der Waals surface area (Å²) in [6.45, 7) is 0.690. The summed E-state index contributed by atoms with van der Waals surface area (Å²) < 4.78 is 5.28. The lowest BCUT2D eigenvalue weighted by molar-refractivity contribution is 0.310. The van der Waals surface area contributed by atoms with E-state index >= 15 is 0 Å². The maximum atomic E-state index is 5.84. The second-order valence-electron chi connectivity index (χ2n) is 4.86. The third kappa shape index (κ3) is 4.31. The molecule has 1 aromatic carbocycles. The molecule has 0 saturated heterocycles. The first kappa shape index (κ1) is 15.5. The fraction of sp³-hybridized carbons (Fsp3) is 0.333. The van der Waals surface area contributed by atoms with Crippen LogP contribution in [0, 0.1) is 0 Å². The van der Waals surface area contributed by atoms with E-state index in [2.05, 4.69) is 26.3 Å². The first-order chi connectivity index (χ1) is 10.1. The number of anilines is 1. The highest BCUT2D eigenvalue weighted by atomic mass is 35.5. The monoisotopic (exact) mass is 306 g/mol. The fourth-order valence-electron chi connectivity index (χ4n) is 2.08. The topological polar surface area (TPSA) is 50.3 Å². The van der Waals surface area contributed by atoms with Crippen molar-refractivity contribution in [2.45, 2.75) is 6.04 Å². The SMILES string of the molecule is COc1cccc([C@@H](CNc2cncc(Cl)n2)N(C)C)c1. The Morgan fingerprint density at radius 2 is 2.14 bits per heavy atom. The number of aromatic nitrogens is 2. The van der Waals surface area contributed by atoms with Gasteiger partial charge in [-0.05, 0) is 31.8 Å². The minimum absolute atomic E-state index is 0.181. The van der Waals surface area contributed by atoms with E-state index in [1.54, 1.807) is 13.3 Å². The van der Waals surface area contributed by atoms with Gasteiger partial charge in [-0.1, -0.05) is 23.7 Å². The van der Waals surface area contributed by atoms with Crippen LogP contribution in [0.4, 0.5) is 5.82 Å². The molecule has 6 heteroatoms. The van der Waals surface area contributed by atoms with E-state index in [4.69, 9.17) is 16.3 Å². The van der Waals surface area contributed by atoms with E-state index in [1.165, 1.54) is 11.8 Å². The average molecular weight is 307 g/mol. The van der Waals surface area contributed by atoms with Crippen LogP contribution < -0.4 is 10.1 Å². The summed E-state index contributed by atoms with van der Waals surface area (Å²) in [6.07, 6.45) is 3.17. The van der Waals surface area contributed by atoms with Crippen molar-refractivity contribution in [3.8, 4) is 5.75 Å². The number of methoxy groups -OCH3 is 1. The van der Waals surface area contributed by atoms with Crippen LogP contribution in [0.2, 0.25) is 5.15 Å². The van der Waals surface area contributed by atoms with E-state index in [0.29, 0.717) is 17.5 Å². The Bertz CT molecular complexity index is 591. The largest absolute Gasteiger partial charge is 0.497 e. The van der Waals surface area contributed by atoms with Crippen molar-refractivity contribution in [1.82, 2.24) is 14.9 Å². The van der Waals surface area contributed by atoms with E-state index in [9.17, 15) is 0 Å². The molecule has 0 fully saturated rings. The number of benzene rings is 1. The van der Waals surface area contributed by atoms with E-state index in [1.807, 2.05) is 32.3 Å². The normalized spacial score (nSPS) is 12.2. The number of ether oxygens (including phenoxy) is 1. The Balaban J connectivity index is 2.12. The molecule has 21 heavy (non-hydrogen) atoms. The maximum absolute atomic E-state index is 5.84. The molecule has 0 aliphatic carbocycles. The van der Waals surface area contributed by atoms with Crippen molar-refractivity contribution in [2.75, 3.05) is 33.1 Å². The second-order valence-corrected chi connectivity index (χ2v) is 5.25. The molecule has 5 nitrogen and oxygen atoms in total. The zero-order chi connectivity index (χ0) is 15.2. The van der Waals surface area contributed by atoms with E-state index in [-0.39, 0.29) is 6.04 Å². The Labute approximate surface area is 129 Å². The molecular weight excluding hydrogens is 288 g/mol. The molecule has 0 unspecified atom stereocenters. The first-order valence-corrected chi connectivity index (χ1v) is 6.99. The van der Waals surface area contributed by atoms with Crippen LogP contribution in [0.25, 0.3) is 0 Å². The zero-order valence-corrected chi connectivity index (χ0v) is 13.1. The molecule has 1 N–H and O–H groups in total. The smallest absolute Gasteiger partial charge is 0.149 e. The molecule has 0 saturated carbocycles. The van der Waals surface area contributed by atoms with Gasteiger partial charge in [0.15, 0.2) is 0 Å². The predicted molar refractivity (Wildman–Crippen MR) is 85.0 cm³/mol. The number of halogens is 1. The standard InChI is InChI=1S/C15H19ClN4O/c1-20(2)13(11-5-4-6-12(7-11)21-3)8-18-15-10-17-9-14(16)19-15/h4-7,9-10,13H,8H2,1-3H3,(H,18,19)/t13-/m1/s1. The molecule has 0 aliphatic rings. The molecule has 2 rings (SSSR count). The number of hydrogen-bond acceptors (Lipinski definition) is 5. The third-order valence-electron chi connectivity index (χ3n) is 3.18. The maximum Gasteiger partial charge on any atom is 0.149 e. The van der Waals surface area contributed by atoms with Gasteiger partial charge < -0.3 is 15.0 Å². The summed E-state index contributed by atoms with van der Waals surface area (Å²) in [5.41, 5.74) is 1.17. The molecule has 112 valence electrons. The van der Waals surface area contributed by atoms with Crippen LogP contribution in [-0.4, -0.2) is 42.6 Å². The van der Waals surface area contributed by atoms with Gasteiger partial charge in [0, 0.05) is 6.54 Å². The zero-order valence-electron chi connectivity index (χ0n) is 12.4. The first-order valence-electron chi connectivity index (χ1n) is 6.62. The van der Waals surface area contributed by atoms with Crippen LogP contribution in [0.15, 0.2) is 36.7 Å². The number of likely N-dealkylation sites (N-methyl/N-ethyl adjacent to an activating group) is 1. The Hall–Kier alpha value is -1.85. The minimum Gasteiger partial charge on any atom is -0.497 e. The van der Waals surface area contributed by atoms with Crippen LogP contribution >= 0.6 is 11.6 Å². The minimum atomic E-state index is 0.181. The van der Waals surface area contributed by atoms with Gasteiger partial charge in [0.1, 0.15) is 16.7 Å². The van der Waals surface area contributed by atoms with Crippen molar-refractivity contribution < 1.29 is 4.74 Å². The molecule has 1 aromatic heterocycles. The number of rotatable bonds is 6. The lowest BCUT2D eigenvalue weighted by Crippen LogP contribution is -2.27. The van der Waals surface area contributed by atoms with Crippen molar-refractivity contribution in [3.63, 3.8) is 0 Å². The summed E-state index contributed by atoms with van der Waals surface area (Å²) in [5, 5.41) is 3.64. The average Bonchev–Trinajstić information content (AvgIpc) is 2.47. The van der Waals surface area contributed by atoms with Gasteiger partial charge in [0.05, 0.1) is 25.5 Å². The van der Waals surface area contributed by atoms with Gasteiger partial charge in [-0.2, -0.15) is 0 Å². The highest BCUT2D eigenvalue weighted by Crippen LogP contribution is 2.23. The second kappa shape index (κ2) is 7.24. The lowest BCUT2D eigenvalue weighted by atomic mass is 10.1. The van der Waals surface area contributed by atoms with Gasteiger partial charge in [-0.25, -0.2) is 4.98 Å². The predicted octanol–water partition coefficient (Wildman–Crippen LogP) is 2.85. The van der Waals surface area contributed by atoms with E-state index in [0.717, 1.165) is 5.75 Å². The molecule has 0 aliphatic heterocycles. The number of hydrogen-bond donors (Lipinski definition) is 1. The van der Waals surface area contributed by atoms with Crippen LogP contribution in [0.3, 0.4) is 0 Å². The highest BCUT2D eigenvalue weighted by Gasteiger charge is 2.15. The summed E-state index contributed by atoms with van der Waals surface area (Å²) in [6, 6.07) is 8.23. The summed E-state index contributed by atoms with van der Waals surface area (Å²) in [5.74, 6) is 1.51. The van der Waals surface area contributed by atoms with Crippen molar-refractivity contribution in [1.29, 1.82) is 0 Å². The van der Waals surface area contributed by atoms with Crippen molar-refractivity contribution in [2.24, 2.45) is 0 Å². The van der Waals surface area contributed by atoms with Crippen molar-refractivity contribution in [3.05, 3.63) is 47.4 Å². The molecular formula is C15H19ClN4O. The summed E-state index contributed by atoms with van der Waals surface area (Å²) in [7, 11) is 5.74. The molecule has 1 heterocycles. The molecule has 2 aromatic rings. The third-order valence-corrected chi connectivity index (χ3v) is 3.37.